The second kappa shape index (κ2) is 10.4. The topological polar surface area (TPSA) is 67.1 Å². The van der Waals surface area contributed by atoms with E-state index >= 15 is 0 Å². The van der Waals surface area contributed by atoms with E-state index in [0.29, 0.717) is 12.6 Å². The summed E-state index contributed by atoms with van der Waals surface area (Å²) in [5, 5.41) is 6.82. The average Bonchev–Trinajstić information content (AvgIpc) is 3.31. The molecule has 0 aliphatic heterocycles. The van der Waals surface area contributed by atoms with Crippen molar-refractivity contribution in [2.75, 3.05) is 7.05 Å². The van der Waals surface area contributed by atoms with Gasteiger partial charge in [0.2, 0.25) is 0 Å². The molecule has 0 aromatic carbocycles. The highest BCUT2D eigenvalue weighted by molar-refractivity contribution is 14.0. The SMILES string of the molecule is CN=C(NCc1ccnc(-n2ccnc2)c1)NC(C)Cc1ccc(C)s1.I. The van der Waals surface area contributed by atoms with Crippen molar-refractivity contribution in [1.82, 2.24) is 25.2 Å². The van der Waals surface area contributed by atoms with Gasteiger partial charge in [-0.15, -0.1) is 35.3 Å². The van der Waals surface area contributed by atoms with E-state index in [-0.39, 0.29) is 24.0 Å². The Kier molecular flexibility index (Phi) is 8.23. The zero-order valence-corrected chi connectivity index (χ0v) is 18.9. The van der Waals surface area contributed by atoms with Crippen molar-refractivity contribution < 1.29 is 0 Å². The summed E-state index contributed by atoms with van der Waals surface area (Å²) >= 11 is 1.85. The van der Waals surface area contributed by atoms with Gasteiger partial charge in [0.25, 0.3) is 0 Å². The first-order valence-electron chi connectivity index (χ1n) is 8.60. The van der Waals surface area contributed by atoms with Gasteiger partial charge in [0, 0.05) is 54.4 Å². The van der Waals surface area contributed by atoms with Crippen LogP contribution in [0.15, 0.2) is 54.2 Å². The number of halogens is 1. The van der Waals surface area contributed by atoms with Gasteiger partial charge in [-0.25, -0.2) is 9.97 Å². The first kappa shape index (κ1) is 21.4. The van der Waals surface area contributed by atoms with Crippen LogP contribution >= 0.6 is 35.3 Å². The zero-order valence-electron chi connectivity index (χ0n) is 15.7. The van der Waals surface area contributed by atoms with Gasteiger partial charge >= 0.3 is 0 Å². The Morgan fingerprint density at radius 1 is 1.30 bits per heavy atom. The fourth-order valence-corrected chi connectivity index (χ4v) is 3.69. The third-order valence-corrected chi connectivity index (χ3v) is 4.97. The molecule has 144 valence electrons. The molecule has 3 heterocycles. The molecule has 0 radical (unpaired) electrons. The molecule has 3 aromatic heterocycles. The van der Waals surface area contributed by atoms with Gasteiger partial charge in [-0.3, -0.25) is 9.56 Å². The molecule has 0 saturated carbocycles. The molecule has 2 N–H and O–H groups in total. The molecule has 0 aliphatic carbocycles. The van der Waals surface area contributed by atoms with Crippen molar-refractivity contribution in [2.24, 2.45) is 4.99 Å². The average molecular weight is 496 g/mol. The Hall–Kier alpha value is -1.94. The Labute approximate surface area is 181 Å². The molecule has 0 fully saturated rings. The third kappa shape index (κ3) is 6.31. The van der Waals surface area contributed by atoms with Crippen LogP contribution in [0.5, 0.6) is 0 Å². The number of imidazole rings is 1. The van der Waals surface area contributed by atoms with Crippen molar-refractivity contribution in [3.8, 4) is 5.82 Å². The summed E-state index contributed by atoms with van der Waals surface area (Å²) in [6.07, 6.45) is 8.17. The first-order valence-corrected chi connectivity index (χ1v) is 9.41. The maximum absolute atomic E-state index is 4.38. The quantitative estimate of drug-likeness (QED) is 0.311. The van der Waals surface area contributed by atoms with E-state index in [1.165, 1.54) is 9.75 Å². The van der Waals surface area contributed by atoms with Crippen LogP contribution in [0.4, 0.5) is 0 Å². The number of rotatable bonds is 6. The molecule has 0 amide bonds. The fraction of sp³-hybridized carbons (Fsp3) is 0.316. The lowest BCUT2D eigenvalue weighted by Crippen LogP contribution is -2.42. The minimum absolute atomic E-state index is 0. The van der Waals surface area contributed by atoms with Crippen molar-refractivity contribution in [1.29, 1.82) is 0 Å². The zero-order chi connectivity index (χ0) is 18.4. The second-order valence-corrected chi connectivity index (χ2v) is 7.55. The van der Waals surface area contributed by atoms with E-state index in [2.05, 4.69) is 51.6 Å². The molecule has 3 aromatic rings. The number of pyridine rings is 1. The number of aromatic nitrogens is 3. The highest BCUT2D eigenvalue weighted by atomic mass is 127. The minimum Gasteiger partial charge on any atom is -0.354 e. The van der Waals surface area contributed by atoms with Crippen LogP contribution in [0.25, 0.3) is 5.82 Å². The molecule has 0 bridgehead atoms. The summed E-state index contributed by atoms with van der Waals surface area (Å²) < 4.78 is 1.89. The smallest absolute Gasteiger partial charge is 0.191 e. The molecule has 0 aliphatic rings. The number of thiophene rings is 1. The van der Waals surface area contributed by atoms with E-state index in [9.17, 15) is 0 Å². The van der Waals surface area contributed by atoms with Gasteiger partial charge in [-0.05, 0) is 43.7 Å². The summed E-state index contributed by atoms with van der Waals surface area (Å²) in [6.45, 7) is 4.99. The molecule has 1 unspecified atom stereocenters. The van der Waals surface area contributed by atoms with Gasteiger partial charge in [-0.2, -0.15) is 0 Å². The van der Waals surface area contributed by atoms with Gasteiger partial charge < -0.3 is 10.6 Å². The maximum atomic E-state index is 4.38. The Balaban J connectivity index is 0.00000261. The van der Waals surface area contributed by atoms with Crippen LogP contribution in [0.3, 0.4) is 0 Å². The van der Waals surface area contributed by atoms with Crippen molar-refractivity contribution in [3.63, 3.8) is 0 Å². The Morgan fingerprint density at radius 3 is 2.81 bits per heavy atom. The standard InChI is InChI=1S/C19H24N6S.HI/c1-14(10-17-5-4-15(2)26-17)24-19(20-3)23-12-16-6-7-22-18(11-16)25-9-8-21-13-25;/h4-9,11,13-14H,10,12H2,1-3H3,(H2,20,23,24);1H. The van der Waals surface area contributed by atoms with Gasteiger partial charge in [0.1, 0.15) is 12.1 Å². The highest BCUT2D eigenvalue weighted by Gasteiger charge is 2.08. The molecule has 1 atom stereocenters. The summed E-state index contributed by atoms with van der Waals surface area (Å²) in [7, 11) is 1.79. The summed E-state index contributed by atoms with van der Waals surface area (Å²) in [5.41, 5.74) is 1.13. The largest absolute Gasteiger partial charge is 0.354 e. The molecule has 6 nitrogen and oxygen atoms in total. The highest BCUT2D eigenvalue weighted by Crippen LogP contribution is 2.16. The molecule has 0 spiro atoms. The molecular weight excluding hydrogens is 471 g/mol. The van der Waals surface area contributed by atoms with Crippen LogP contribution in [0.2, 0.25) is 0 Å². The lowest BCUT2D eigenvalue weighted by Gasteiger charge is -2.17. The third-order valence-electron chi connectivity index (χ3n) is 3.95. The number of guanidine groups is 1. The normalized spacial score (nSPS) is 12.3. The van der Waals surface area contributed by atoms with Crippen LogP contribution in [0.1, 0.15) is 22.2 Å². The maximum Gasteiger partial charge on any atom is 0.191 e. The molecule has 3 rings (SSSR count). The van der Waals surface area contributed by atoms with Gasteiger partial charge in [-0.1, -0.05) is 0 Å². The number of hydrogen-bond acceptors (Lipinski definition) is 4. The molecule has 27 heavy (non-hydrogen) atoms. The van der Waals surface area contributed by atoms with Crippen molar-refractivity contribution in [2.45, 2.75) is 32.9 Å². The minimum atomic E-state index is 0. The second-order valence-electron chi connectivity index (χ2n) is 6.18. The molecular formula is C19H25IN6S. The van der Waals surface area contributed by atoms with Crippen molar-refractivity contribution in [3.05, 3.63) is 64.5 Å². The number of aliphatic imine (C=N–C) groups is 1. The van der Waals surface area contributed by atoms with E-state index < -0.39 is 0 Å². The van der Waals surface area contributed by atoms with Crippen LogP contribution in [-0.4, -0.2) is 33.6 Å². The fourth-order valence-electron chi connectivity index (χ4n) is 2.67. The number of hydrogen-bond donors (Lipinski definition) is 2. The van der Waals surface area contributed by atoms with Crippen LogP contribution < -0.4 is 10.6 Å². The van der Waals surface area contributed by atoms with Crippen molar-refractivity contribution >= 4 is 41.3 Å². The number of nitrogens with one attached hydrogen (secondary N) is 2. The van der Waals surface area contributed by atoms with E-state index in [0.717, 1.165) is 23.8 Å². The summed E-state index contributed by atoms with van der Waals surface area (Å²) in [6, 6.07) is 8.71. The summed E-state index contributed by atoms with van der Waals surface area (Å²) in [4.78, 5) is 15.5. The van der Waals surface area contributed by atoms with Gasteiger partial charge in [0.05, 0.1) is 0 Å². The number of nitrogens with zero attached hydrogens (tertiary/aromatic N) is 4. The Morgan fingerprint density at radius 2 is 2.15 bits per heavy atom. The summed E-state index contributed by atoms with van der Waals surface area (Å²) in [5.74, 6) is 1.65. The van der Waals surface area contributed by atoms with E-state index in [1.807, 2.05) is 40.4 Å². The molecule has 0 saturated heterocycles. The lowest BCUT2D eigenvalue weighted by atomic mass is 10.2. The first-order chi connectivity index (χ1) is 12.6. The molecule has 8 heteroatoms. The Bertz CT molecular complexity index is 859. The number of aryl methyl sites for hydroxylation is 1. The van der Waals surface area contributed by atoms with Gasteiger partial charge in [0.15, 0.2) is 5.96 Å². The van der Waals surface area contributed by atoms with Crippen LogP contribution in [0, 0.1) is 6.92 Å². The lowest BCUT2D eigenvalue weighted by molar-refractivity contribution is 0.645. The predicted octanol–water partition coefficient (Wildman–Crippen LogP) is 3.55. The predicted molar refractivity (Wildman–Crippen MR) is 122 cm³/mol. The van der Waals surface area contributed by atoms with E-state index in [1.54, 1.807) is 19.6 Å². The van der Waals surface area contributed by atoms with Crippen LogP contribution in [-0.2, 0) is 13.0 Å². The van der Waals surface area contributed by atoms with E-state index in [4.69, 9.17) is 0 Å². The monoisotopic (exact) mass is 496 g/mol.